The van der Waals surface area contributed by atoms with Crippen molar-refractivity contribution in [1.29, 1.82) is 0 Å². The van der Waals surface area contributed by atoms with Crippen LogP contribution in [-0.4, -0.2) is 11.0 Å². The highest BCUT2D eigenvalue weighted by Gasteiger charge is 2.10. The number of hydrogen-bond acceptors (Lipinski definition) is 3. The van der Waals surface area contributed by atoms with Crippen molar-refractivity contribution in [2.75, 3.05) is 5.32 Å². The molecule has 0 saturated carbocycles. The maximum atomic E-state index is 13.5. The van der Waals surface area contributed by atoms with E-state index in [0.29, 0.717) is 5.56 Å². The van der Waals surface area contributed by atoms with Gasteiger partial charge in [-0.25, -0.2) is 13.2 Å². The molecule has 2 rings (SSSR count). The topological polar surface area (TPSA) is 70.6 Å². The maximum absolute atomic E-state index is 13.5. The Hall–Kier alpha value is -2.70. The molecule has 0 atom stereocenters. The fraction of sp³-hybridized carbons (Fsp3) is 0.0714. The SMILES string of the molecule is NC(=NO)c1cc(F)ccc1CNc1ccc(F)cc1F. The minimum atomic E-state index is -0.748. The molecule has 0 amide bonds. The van der Waals surface area contributed by atoms with Crippen molar-refractivity contribution < 1.29 is 18.4 Å². The van der Waals surface area contributed by atoms with Crippen molar-refractivity contribution >= 4 is 11.5 Å². The maximum Gasteiger partial charge on any atom is 0.170 e. The first-order valence-electron chi connectivity index (χ1n) is 5.96. The number of oxime groups is 1. The summed E-state index contributed by atoms with van der Waals surface area (Å²) >= 11 is 0. The highest BCUT2D eigenvalue weighted by Crippen LogP contribution is 2.18. The van der Waals surface area contributed by atoms with Gasteiger partial charge in [0.25, 0.3) is 0 Å². The van der Waals surface area contributed by atoms with Gasteiger partial charge in [0.15, 0.2) is 5.84 Å². The molecule has 7 heteroatoms. The molecule has 0 unspecified atom stereocenters. The van der Waals surface area contributed by atoms with Gasteiger partial charge in [0.2, 0.25) is 0 Å². The van der Waals surface area contributed by atoms with Crippen molar-refractivity contribution in [3.63, 3.8) is 0 Å². The largest absolute Gasteiger partial charge is 0.409 e. The third-order valence-electron chi connectivity index (χ3n) is 2.86. The van der Waals surface area contributed by atoms with Crippen LogP contribution in [0.1, 0.15) is 11.1 Å². The number of hydrogen-bond donors (Lipinski definition) is 3. The lowest BCUT2D eigenvalue weighted by Gasteiger charge is -2.11. The van der Waals surface area contributed by atoms with E-state index in [1.165, 1.54) is 18.2 Å². The quantitative estimate of drug-likeness (QED) is 0.351. The van der Waals surface area contributed by atoms with Crippen LogP contribution in [-0.2, 0) is 6.54 Å². The number of nitrogens with one attached hydrogen (secondary N) is 1. The average molecular weight is 295 g/mol. The van der Waals surface area contributed by atoms with Crippen LogP contribution in [0.3, 0.4) is 0 Å². The zero-order valence-electron chi connectivity index (χ0n) is 10.8. The summed E-state index contributed by atoms with van der Waals surface area (Å²) in [5.74, 6) is -2.24. The molecular formula is C14H12F3N3O. The fourth-order valence-corrected chi connectivity index (χ4v) is 1.82. The second-order valence-corrected chi connectivity index (χ2v) is 4.26. The van der Waals surface area contributed by atoms with Gasteiger partial charge < -0.3 is 16.3 Å². The molecule has 2 aromatic rings. The fourth-order valence-electron chi connectivity index (χ4n) is 1.82. The molecule has 0 aliphatic rings. The molecule has 4 nitrogen and oxygen atoms in total. The Kier molecular flexibility index (Phi) is 4.32. The van der Waals surface area contributed by atoms with E-state index >= 15 is 0 Å². The first-order valence-corrected chi connectivity index (χ1v) is 5.96. The first-order chi connectivity index (χ1) is 10.0. The number of anilines is 1. The molecule has 0 heterocycles. The Bertz CT molecular complexity index is 689. The minimum Gasteiger partial charge on any atom is -0.409 e. The van der Waals surface area contributed by atoms with E-state index in [9.17, 15) is 13.2 Å². The normalized spacial score (nSPS) is 11.5. The summed E-state index contributed by atoms with van der Waals surface area (Å²) in [6.07, 6.45) is 0. The Labute approximate surface area is 118 Å². The van der Waals surface area contributed by atoms with Crippen molar-refractivity contribution in [3.8, 4) is 0 Å². The van der Waals surface area contributed by atoms with E-state index in [-0.39, 0.29) is 23.6 Å². The number of halogens is 3. The predicted molar refractivity (Wildman–Crippen MR) is 72.6 cm³/mol. The Morgan fingerprint density at radius 1 is 1.10 bits per heavy atom. The van der Waals surface area contributed by atoms with Gasteiger partial charge in [-0.2, -0.15) is 0 Å². The summed E-state index contributed by atoms with van der Waals surface area (Å²) < 4.78 is 39.5. The Morgan fingerprint density at radius 3 is 2.43 bits per heavy atom. The molecule has 0 bridgehead atoms. The van der Waals surface area contributed by atoms with Crippen LogP contribution in [0.5, 0.6) is 0 Å². The standard InChI is InChI=1S/C14H12F3N3O/c15-9-2-1-8(11(5-9)14(18)20-21)7-19-13-4-3-10(16)6-12(13)17/h1-6,19,21H,7H2,(H2,18,20). The lowest BCUT2D eigenvalue weighted by molar-refractivity contribution is 0.318. The second-order valence-electron chi connectivity index (χ2n) is 4.26. The third-order valence-corrected chi connectivity index (χ3v) is 2.86. The van der Waals surface area contributed by atoms with Crippen LogP contribution in [0.15, 0.2) is 41.6 Å². The number of benzene rings is 2. The lowest BCUT2D eigenvalue weighted by Crippen LogP contribution is -2.17. The molecular weight excluding hydrogens is 283 g/mol. The molecule has 0 aliphatic carbocycles. The summed E-state index contributed by atoms with van der Waals surface area (Å²) in [4.78, 5) is 0. The van der Waals surface area contributed by atoms with Crippen molar-refractivity contribution in [1.82, 2.24) is 0 Å². The van der Waals surface area contributed by atoms with Crippen molar-refractivity contribution in [3.05, 3.63) is 65.0 Å². The van der Waals surface area contributed by atoms with E-state index in [1.807, 2.05) is 0 Å². The second kappa shape index (κ2) is 6.17. The van der Waals surface area contributed by atoms with E-state index in [0.717, 1.165) is 18.2 Å². The highest BCUT2D eigenvalue weighted by atomic mass is 19.1. The zero-order chi connectivity index (χ0) is 15.4. The Morgan fingerprint density at radius 2 is 1.76 bits per heavy atom. The lowest BCUT2D eigenvalue weighted by atomic mass is 10.1. The molecule has 0 saturated heterocycles. The van der Waals surface area contributed by atoms with Crippen LogP contribution in [0, 0.1) is 17.5 Å². The molecule has 0 aliphatic heterocycles. The summed E-state index contributed by atoms with van der Waals surface area (Å²) in [5, 5.41) is 14.2. The van der Waals surface area contributed by atoms with E-state index in [4.69, 9.17) is 10.9 Å². The van der Waals surface area contributed by atoms with Gasteiger partial charge in [-0.05, 0) is 29.8 Å². The first kappa shape index (κ1) is 14.7. The third kappa shape index (κ3) is 3.44. The highest BCUT2D eigenvalue weighted by molar-refractivity contribution is 5.98. The van der Waals surface area contributed by atoms with E-state index in [1.54, 1.807) is 0 Å². The van der Waals surface area contributed by atoms with Crippen molar-refractivity contribution in [2.24, 2.45) is 10.9 Å². The van der Waals surface area contributed by atoms with Crippen LogP contribution in [0.2, 0.25) is 0 Å². The molecule has 110 valence electrons. The summed E-state index contributed by atoms with van der Waals surface area (Å²) in [6.45, 7) is 0.0917. The Balaban J connectivity index is 2.24. The molecule has 21 heavy (non-hydrogen) atoms. The van der Waals surface area contributed by atoms with Gasteiger partial charge in [0, 0.05) is 18.2 Å². The van der Waals surface area contributed by atoms with Crippen LogP contribution in [0.25, 0.3) is 0 Å². The molecule has 0 fully saturated rings. The van der Waals surface area contributed by atoms with Gasteiger partial charge in [-0.15, -0.1) is 0 Å². The van der Waals surface area contributed by atoms with Crippen LogP contribution < -0.4 is 11.1 Å². The summed E-state index contributed by atoms with van der Waals surface area (Å²) in [7, 11) is 0. The number of nitrogens with zero attached hydrogens (tertiary/aromatic N) is 1. The smallest absolute Gasteiger partial charge is 0.170 e. The molecule has 2 aromatic carbocycles. The van der Waals surface area contributed by atoms with Gasteiger partial charge in [-0.1, -0.05) is 11.2 Å². The molecule has 0 radical (unpaired) electrons. The minimum absolute atomic E-state index is 0.0891. The predicted octanol–water partition coefficient (Wildman–Crippen LogP) is 2.81. The van der Waals surface area contributed by atoms with Crippen LogP contribution >= 0.6 is 0 Å². The van der Waals surface area contributed by atoms with E-state index in [2.05, 4.69) is 10.5 Å². The van der Waals surface area contributed by atoms with E-state index < -0.39 is 17.5 Å². The molecule has 4 N–H and O–H groups in total. The monoisotopic (exact) mass is 295 g/mol. The zero-order valence-corrected chi connectivity index (χ0v) is 10.8. The number of amidine groups is 1. The van der Waals surface area contributed by atoms with Gasteiger partial charge in [0.1, 0.15) is 17.5 Å². The average Bonchev–Trinajstić information content (AvgIpc) is 2.46. The van der Waals surface area contributed by atoms with Crippen LogP contribution in [0.4, 0.5) is 18.9 Å². The van der Waals surface area contributed by atoms with Gasteiger partial charge in [-0.3, -0.25) is 0 Å². The van der Waals surface area contributed by atoms with Gasteiger partial charge >= 0.3 is 0 Å². The number of rotatable bonds is 4. The van der Waals surface area contributed by atoms with Gasteiger partial charge in [0.05, 0.1) is 5.69 Å². The summed E-state index contributed by atoms with van der Waals surface area (Å²) in [5.41, 5.74) is 6.24. The number of nitrogens with two attached hydrogens (primary N) is 1. The molecule has 0 aromatic heterocycles. The summed E-state index contributed by atoms with van der Waals surface area (Å²) in [6, 6.07) is 6.84. The molecule has 0 spiro atoms. The van der Waals surface area contributed by atoms with Crippen molar-refractivity contribution in [2.45, 2.75) is 6.54 Å².